The number of aromatic nitrogens is 2. The van der Waals surface area contributed by atoms with Crippen LogP contribution in [0.1, 0.15) is 0 Å². The second-order valence-electron chi connectivity index (χ2n) is 16.4. The minimum Gasteiger partial charge on any atom is -0.307 e. The fourth-order valence-electron chi connectivity index (χ4n) is 10.4. The van der Waals surface area contributed by atoms with Crippen molar-refractivity contribution in [2.45, 2.75) is 0 Å². The van der Waals surface area contributed by atoms with Gasteiger partial charge in [0.25, 0.3) is 0 Å². The van der Waals surface area contributed by atoms with E-state index in [2.05, 4.69) is 264 Å². The summed E-state index contributed by atoms with van der Waals surface area (Å²) in [6, 6.07) is 94.3. The first-order chi connectivity index (χ1) is 31.3. The Morgan fingerprint density at radius 1 is 0.286 bits per heavy atom. The molecular formula is C60H42N2Si. The van der Waals surface area contributed by atoms with Gasteiger partial charge in [0.1, 0.15) is 0 Å². The van der Waals surface area contributed by atoms with E-state index in [4.69, 9.17) is 0 Å². The Labute approximate surface area is 368 Å². The van der Waals surface area contributed by atoms with Crippen molar-refractivity contribution in [3.8, 4) is 33.6 Å². The lowest BCUT2D eigenvalue weighted by Crippen LogP contribution is -2.74. The van der Waals surface area contributed by atoms with Crippen LogP contribution in [-0.4, -0.2) is 17.2 Å². The lowest BCUT2D eigenvalue weighted by atomic mass is 10.0. The summed E-state index contributed by atoms with van der Waals surface area (Å²) in [6.45, 7) is 0. The summed E-state index contributed by atoms with van der Waals surface area (Å²) in [4.78, 5) is 0. The minimum atomic E-state index is -2.91. The zero-order valence-corrected chi connectivity index (χ0v) is 35.6. The highest BCUT2D eigenvalue weighted by atomic mass is 28.3. The van der Waals surface area contributed by atoms with Crippen molar-refractivity contribution < 1.29 is 0 Å². The molecule has 0 fully saturated rings. The first-order valence-electron chi connectivity index (χ1n) is 21.8. The molecule has 0 saturated carbocycles. The lowest BCUT2D eigenvalue weighted by molar-refractivity contribution is 1.13. The highest BCUT2D eigenvalue weighted by molar-refractivity contribution is 7.20. The van der Waals surface area contributed by atoms with E-state index in [0.29, 0.717) is 0 Å². The molecule has 0 atom stereocenters. The first-order valence-corrected chi connectivity index (χ1v) is 23.8. The molecule has 296 valence electrons. The second kappa shape index (κ2) is 15.2. The van der Waals surface area contributed by atoms with Gasteiger partial charge in [-0.1, -0.05) is 212 Å². The van der Waals surface area contributed by atoms with E-state index in [1.54, 1.807) is 0 Å². The van der Waals surface area contributed by atoms with Crippen LogP contribution < -0.4 is 20.7 Å². The SMILES string of the molecule is c1ccc(-c2cccc(-n3c4ccc(-c5ccccc5)cc4c4cccc(-n5c6ccccc6c6c([Si](c7ccccc7)(c7ccccc7)c7ccccc7)cccc65)c43)c2)cc1. The van der Waals surface area contributed by atoms with Gasteiger partial charge >= 0.3 is 0 Å². The molecule has 0 N–H and O–H groups in total. The Bertz CT molecular complexity index is 3500. The molecule has 0 unspecified atom stereocenters. The van der Waals surface area contributed by atoms with Crippen molar-refractivity contribution in [2.75, 3.05) is 0 Å². The van der Waals surface area contributed by atoms with Crippen LogP contribution in [-0.2, 0) is 0 Å². The van der Waals surface area contributed by atoms with E-state index >= 15 is 0 Å². The molecule has 0 saturated heterocycles. The first kappa shape index (κ1) is 36.8. The average Bonchev–Trinajstić information content (AvgIpc) is 3.89. The fraction of sp³-hybridized carbons (Fsp3) is 0. The topological polar surface area (TPSA) is 9.86 Å². The Balaban J connectivity index is 1.21. The molecule has 2 nitrogen and oxygen atoms in total. The van der Waals surface area contributed by atoms with E-state index in [9.17, 15) is 0 Å². The van der Waals surface area contributed by atoms with Gasteiger partial charge in [-0.25, -0.2) is 0 Å². The fourth-order valence-corrected chi connectivity index (χ4v) is 15.4. The van der Waals surface area contributed by atoms with E-state index in [-0.39, 0.29) is 0 Å². The number of rotatable bonds is 8. The largest absolute Gasteiger partial charge is 0.307 e. The Kier molecular flexibility index (Phi) is 8.87. The zero-order chi connectivity index (χ0) is 41.7. The summed E-state index contributed by atoms with van der Waals surface area (Å²) in [5.74, 6) is 0. The number of nitrogens with zero attached hydrogens (tertiary/aromatic N) is 2. The van der Waals surface area contributed by atoms with Crippen molar-refractivity contribution >= 4 is 72.4 Å². The number of hydrogen-bond acceptors (Lipinski definition) is 0. The molecule has 12 aromatic rings. The van der Waals surface area contributed by atoms with E-state index in [1.807, 2.05) is 0 Å². The van der Waals surface area contributed by atoms with Crippen LogP contribution in [0.3, 0.4) is 0 Å². The third-order valence-corrected chi connectivity index (χ3v) is 17.9. The summed E-state index contributed by atoms with van der Waals surface area (Å²) in [5.41, 5.74) is 11.8. The third-order valence-electron chi connectivity index (χ3n) is 13.0. The van der Waals surface area contributed by atoms with Gasteiger partial charge in [-0.05, 0) is 85.5 Å². The molecule has 0 aliphatic heterocycles. The zero-order valence-electron chi connectivity index (χ0n) is 34.6. The number of benzene rings is 10. The van der Waals surface area contributed by atoms with E-state index in [0.717, 1.165) is 11.4 Å². The molecule has 0 aliphatic carbocycles. The van der Waals surface area contributed by atoms with Crippen molar-refractivity contribution in [1.29, 1.82) is 0 Å². The molecule has 2 aromatic heterocycles. The van der Waals surface area contributed by atoms with Crippen molar-refractivity contribution in [1.82, 2.24) is 9.13 Å². The van der Waals surface area contributed by atoms with Crippen LogP contribution in [0, 0.1) is 0 Å². The molecule has 63 heavy (non-hydrogen) atoms. The third kappa shape index (κ3) is 5.85. The summed E-state index contributed by atoms with van der Waals surface area (Å²) in [5, 5.41) is 10.5. The highest BCUT2D eigenvalue weighted by Gasteiger charge is 2.43. The number of fused-ring (bicyclic) bond motifs is 6. The van der Waals surface area contributed by atoms with Gasteiger partial charge in [0, 0.05) is 27.2 Å². The van der Waals surface area contributed by atoms with Gasteiger partial charge in [-0.2, -0.15) is 0 Å². The average molecular weight is 819 g/mol. The Hall–Kier alpha value is -7.98. The predicted octanol–water partition coefficient (Wildman–Crippen LogP) is 12.6. The number of hydrogen-bond donors (Lipinski definition) is 0. The van der Waals surface area contributed by atoms with Crippen LogP contribution in [0.2, 0.25) is 0 Å². The van der Waals surface area contributed by atoms with Gasteiger partial charge in [0.05, 0.1) is 27.8 Å². The van der Waals surface area contributed by atoms with Crippen LogP contribution in [0.5, 0.6) is 0 Å². The summed E-state index contributed by atoms with van der Waals surface area (Å²) >= 11 is 0. The molecular weight excluding hydrogens is 777 g/mol. The number of para-hydroxylation sites is 2. The van der Waals surface area contributed by atoms with Crippen LogP contribution in [0.25, 0.3) is 77.2 Å². The quantitative estimate of drug-likeness (QED) is 0.107. The molecule has 3 heteroatoms. The van der Waals surface area contributed by atoms with Crippen molar-refractivity contribution in [3.05, 3.63) is 255 Å². The molecule has 10 aromatic carbocycles. The monoisotopic (exact) mass is 818 g/mol. The molecule has 12 rings (SSSR count). The Morgan fingerprint density at radius 2 is 0.762 bits per heavy atom. The molecule has 0 amide bonds. The maximum Gasteiger partial charge on any atom is 0.180 e. The highest BCUT2D eigenvalue weighted by Crippen LogP contribution is 2.41. The van der Waals surface area contributed by atoms with Gasteiger partial charge < -0.3 is 9.13 Å². The van der Waals surface area contributed by atoms with Gasteiger partial charge in [0.15, 0.2) is 8.07 Å². The maximum atomic E-state index is 2.55. The van der Waals surface area contributed by atoms with Gasteiger partial charge in [-0.3, -0.25) is 0 Å². The van der Waals surface area contributed by atoms with Gasteiger partial charge in [0.2, 0.25) is 0 Å². The molecule has 0 radical (unpaired) electrons. The van der Waals surface area contributed by atoms with Crippen LogP contribution >= 0.6 is 0 Å². The molecule has 0 aliphatic rings. The Morgan fingerprint density at radius 3 is 1.40 bits per heavy atom. The summed E-state index contributed by atoms with van der Waals surface area (Å²) in [7, 11) is -2.91. The standard InChI is InChI=1S/C60H42N2Si/c1-6-21-43(22-7-1)45-25-18-26-47(41-45)61-55-40-39-46(44-23-8-2-9-24-44)42-53(55)51-34-19-37-57(60(51)61)62-54-35-17-16-33-52(54)59-56(62)36-20-38-58(59)63(48-27-10-3-11-28-48,49-29-12-4-13-30-49)50-31-14-5-15-32-50/h1-42H. The van der Waals surface area contributed by atoms with E-state index < -0.39 is 8.07 Å². The van der Waals surface area contributed by atoms with Crippen LogP contribution in [0.4, 0.5) is 0 Å². The minimum absolute atomic E-state index is 1.13. The normalized spacial score (nSPS) is 11.8. The van der Waals surface area contributed by atoms with Crippen LogP contribution in [0.15, 0.2) is 255 Å². The molecule has 0 spiro atoms. The predicted molar refractivity (Wildman–Crippen MR) is 270 cm³/mol. The smallest absolute Gasteiger partial charge is 0.180 e. The maximum absolute atomic E-state index is 2.91. The second-order valence-corrected chi connectivity index (χ2v) is 20.2. The van der Waals surface area contributed by atoms with Gasteiger partial charge in [-0.15, -0.1) is 0 Å². The summed E-state index contributed by atoms with van der Waals surface area (Å²) < 4.78 is 5.05. The molecule has 2 heterocycles. The van der Waals surface area contributed by atoms with Crippen molar-refractivity contribution in [3.63, 3.8) is 0 Å². The van der Waals surface area contributed by atoms with E-state index in [1.165, 1.54) is 86.6 Å². The lowest BCUT2D eigenvalue weighted by Gasteiger charge is -2.35. The van der Waals surface area contributed by atoms with Crippen molar-refractivity contribution in [2.24, 2.45) is 0 Å². The summed E-state index contributed by atoms with van der Waals surface area (Å²) in [6.07, 6.45) is 0. The molecule has 0 bridgehead atoms.